The normalized spacial score (nSPS) is 12.0. The van der Waals surface area contributed by atoms with Gasteiger partial charge in [0.25, 0.3) is 0 Å². The van der Waals surface area contributed by atoms with Gasteiger partial charge in [0.2, 0.25) is 0 Å². The summed E-state index contributed by atoms with van der Waals surface area (Å²) >= 11 is 1.43. The summed E-state index contributed by atoms with van der Waals surface area (Å²) in [6.07, 6.45) is 2.92. The molecule has 0 aromatic rings. The number of nitriles is 2. The van der Waals surface area contributed by atoms with Crippen molar-refractivity contribution in [2.75, 3.05) is 0 Å². The summed E-state index contributed by atoms with van der Waals surface area (Å²) in [4.78, 5) is 1.80. The molecule has 0 spiro atoms. The predicted octanol–water partition coefficient (Wildman–Crippen LogP) is 2.57. The minimum Gasteiger partial charge on any atom is -0.193 e. The predicted molar refractivity (Wildman–Crippen MR) is 46.3 cm³/mol. The van der Waals surface area contributed by atoms with Crippen molar-refractivity contribution in [1.82, 2.24) is 0 Å². The molecule has 0 aliphatic carbocycles. The lowest BCUT2D eigenvalue weighted by Gasteiger charge is -1.95. The van der Waals surface area contributed by atoms with Crippen molar-refractivity contribution >= 4 is 11.8 Å². The van der Waals surface area contributed by atoms with E-state index in [2.05, 4.69) is 0 Å². The topological polar surface area (TPSA) is 47.6 Å². The SMILES string of the molecule is C/C(=C\C#N)S/C(C)=C/C#N. The molecule has 3 heteroatoms. The molecule has 0 atom stereocenters. The molecule has 0 aromatic heterocycles. The van der Waals surface area contributed by atoms with Gasteiger partial charge in [-0.3, -0.25) is 0 Å². The average molecular weight is 164 g/mol. The number of hydrogen-bond donors (Lipinski definition) is 0. The van der Waals surface area contributed by atoms with Gasteiger partial charge in [0.05, 0.1) is 12.1 Å². The van der Waals surface area contributed by atoms with E-state index in [-0.39, 0.29) is 0 Å². The molecule has 0 unspecified atom stereocenters. The van der Waals surface area contributed by atoms with Crippen LogP contribution < -0.4 is 0 Å². The lowest BCUT2D eigenvalue weighted by molar-refractivity contribution is 1.51. The molecule has 0 fully saturated rings. The van der Waals surface area contributed by atoms with Crippen LogP contribution in [0.5, 0.6) is 0 Å². The summed E-state index contributed by atoms with van der Waals surface area (Å²) in [7, 11) is 0. The molecule has 0 radical (unpaired) electrons. The van der Waals surface area contributed by atoms with Crippen LogP contribution in [-0.2, 0) is 0 Å². The average Bonchev–Trinajstić information content (AvgIpc) is 1.87. The Kier molecular flexibility index (Phi) is 4.98. The van der Waals surface area contributed by atoms with E-state index in [0.29, 0.717) is 0 Å². The zero-order valence-electron chi connectivity index (χ0n) is 6.46. The first-order valence-corrected chi connectivity index (χ1v) is 3.83. The number of rotatable bonds is 2. The summed E-state index contributed by atoms with van der Waals surface area (Å²) in [5, 5.41) is 16.5. The largest absolute Gasteiger partial charge is 0.193 e. The lowest BCUT2D eigenvalue weighted by Crippen LogP contribution is -1.68. The third kappa shape index (κ3) is 5.26. The number of allylic oxidation sites excluding steroid dienone is 4. The quantitative estimate of drug-likeness (QED) is 0.589. The number of nitrogens with zero attached hydrogens (tertiary/aromatic N) is 2. The highest BCUT2D eigenvalue weighted by Crippen LogP contribution is 2.23. The van der Waals surface area contributed by atoms with E-state index in [1.54, 1.807) is 0 Å². The Balaban J connectivity index is 4.10. The first-order chi connectivity index (χ1) is 5.20. The monoisotopic (exact) mass is 164 g/mol. The van der Waals surface area contributed by atoms with Crippen LogP contribution in [0.2, 0.25) is 0 Å². The van der Waals surface area contributed by atoms with Crippen molar-refractivity contribution in [2.45, 2.75) is 13.8 Å². The number of hydrogen-bond acceptors (Lipinski definition) is 3. The van der Waals surface area contributed by atoms with Crippen LogP contribution in [0.4, 0.5) is 0 Å². The molecule has 0 aliphatic heterocycles. The van der Waals surface area contributed by atoms with E-state index >= 15 is 0 Å². The van der Waals surface area contributed by atoms with Crippen LogP contribution >= 0.6 is 11.8 Å². The van der Waals surface area contributed by atoms with Crippen molar-refractivity contribution in [3.63, 3.8) is 0 Å². The summed E-state index contributed by atoms with van der Waals surface area (Å²) in [6, 6.07) is 3.84. The molecule has 0 rings (SSSR count). The molecule has 56 valence electrons. The Bertz CT molecular complexity index is 235. The molecule has 0 heterocycles. The van der Waals surface area contributed by atoms with Crippen LogP contribution in [0, 0.1) is 22.7 Å². The van der Waals surface area contributed by atoms with E-state index in [4.69, 9.17) is 10.5 Å². The van der Waals surface area contributed by atoms with E-state index in [1.165, 1.54) is 23.9 Å². The maximum absolute atomic E-state index is 8.26. The standard InChI is InChI=1S/C8H8N2S/c1-7(3-5-9)11-8(2)4-6-10/h3-4H,1-2H3/b7-3+,8-4+. The third-order valence-corrected chi connectivity index (χ3v) is 1.74. The van der Waals surface area contributed by atoms with Gasteiger partial charge in [0, 0.05) is 12.2 Å². The fourth-order valence-electron chi connectivity index (χ4n) is 0.495. The van der Waals surface area contributed by atoms with Crippen LogP contribution in [0.15, 0.2) is 22.0 Å². The first-order valence-electron chi connectivity index (χ1n) is 3.01. The van der Waals surface area contributed by atoms with Crippen molar-refractivity contribution in [2.24, 2.45) is 0 Å². The van der Waals surface area contributed by atoms with Gasteiger partial charge in [0.1, 0.15) is 0 Å². The summed E-state index contributed by atoms with van der Waals surface area (Å²) in [6.45, 7) is 3.67. The van der Waals surface area contributed by atoms with Gasteiger partial charge < -0.3 is 0 Å². The van der Waals surface area contributed by atoms with Crippen molar-refractivity contribution in [3.8, 4) is 12.1 Å². The summed E-state index contributed by atoms with van der Waals surface area (Å²) in [5.41, 5.74) is 0. The smallest absolute Gasteiger partial charge is 0.0920 e. The molecule has 0 aromatic carbocycles. The van der Waals surface area contributed by atoms with Gasteiger partial charge in [-0.05, 0) is 23.7 Å². The van der Waals surface area contributed by atoms with Crippen LogP contribution in [0.25, 0.3) is 0 Å². The summed E-state index contributed by atoms with van der Waals surface area (Å²) in [5.74, 6) is 0. The highest BCUT2D eigenvalue weighted by atomic mass is 32.2. The lowest BCUT2D eigenvalue weighted by atomic mass is 10.5. The molecule has 11 heavy (non-hydrogen) atoms. The van der Waals surface area contributed by atoms with Crippen molar-refractivity contribution < 1.29 is 0 Å². The van der Waals surface area contributed by atoms with E-state index in [9.17, 15) is 0 Å². The van der Waals surface area contributed by atoms with Gasteiger partial charge in [-0.25, -0.2) is 0 Å². The zero-order valence-corrected chi connectivity index (χ0v) is 7.27. The molecule has 0 saturated heterocycles. The molecule has 2 nitrogen and oxygen atoms in total. The molecule has 0 amide bonds. The fourth-order valence-corrected chi connectivity index (χ4v) is 1.23. The Morgan fingerprint density at radius 3 is 1.73 bits per heavy atom. The Labute approximate surface area is 70.8 Å². The number of thioether (sulfide) groups is 1. The highest BCUT2D eigenvalue weighted by molar-refractivity contribution is 8.06. The second-order valence-corrected chi connectivity index (χ2v) is 3.36. The third-order valence-electron chi connectivity index (χ3n) is 0.858. The first kappa shape index (κ1) is 9.81. The molecule has 0 saturated carbocycles. The fraction of sp³-hybridized carbons (Fsp3) is 0.250. The highest BCUT2D eigenvalue weighted by Gasteiger charge is 1.91. The maximum Gasteiger partial charge on any atom is 0.0920 e. The van der Waals surface area contributed by atoms with Gasteiger partial charge in [-0.15, -0.1) is 0 Å². The van der Waals surface area contributed by atoms with Crippen LogP contribution in [-0.4, -0.2) is 0 Å². The maximum atomic E-state index is 8.26. The molecular weight excluding hydrogens is 156 g/mol. The van der Waals surface area contributed by atoms with E-state index < -0.39 is 0 Å². The molecule has 0 N–H and O–H groups in total. The molecular formula is C8H8N2S. The Morgan fingerprint density at radius 1 is 1.09 bits per heavy atom. The van der Waals surface area contributed by atoms with Gasteiger partial charge in [-0.1, -0.05) is 11.8 Å². The Morgan fingerprint density at radius 2 is 1.45 bits per heavy atom. The minimum absolute atomic E-state index is 0.900. The van der Waals surface area contributed by atoms with E-state index in [1.807, 2.05) is 26.0 Å². The zero-order chi connectivity index (χ0) is 8.69. The van der Waals surface area contributed by atoms with Gasteiger partial charge in [-0.2, -0.15) is 10.5 Å². The summed E-state index contributed by atoms with van der Waals surface area (Å²) < 4.78 is 0. The van der Waals surface area contributed by atoms with Crippen LogP contribution in [0.3, 0.4) is 0 Å². The molecule has 0 aliphatic rings. The Hall–Kier alpha value is -1.19. The van der Waals surface area contributed by atoms with Crippen molar-refractivity contribution in [1.29, 1.82) is 10.5 Å². The van der Waals surface area contributed by atoms with E-state index in [0.717, 1.165) is 9.81 Å². The second-order valence-electron chi connectivity index (χ2n) is 1.87. The van der Waals surface area contributed by atoms with Crippen molar-refractivity contribution in [3.05, 3.63) is 22.0 Å². The molecule has 0 bridgehead atoms. The van der Waals surface area contributed by atoms with Gasteiger partial charge in [0.15, 0.2) is 0 Å². The van der Waals surface area contributed by atoms with Crippen LogP contribution in [0.1, 0.15) is 13.8 Å². The van der Waals surface area contributed by atoms with Gasteiger partial charge >= 0.3 is 0 Å². The second kappa shape index (κ2) is 5.58. The minimum atomic E-state index is 0.900.